The van der Waals surface area contributed by atoms with Crippen LogP contribution in [0.5, 0.6) is 0 Å². The van der Waals surface area contributed by atoms with E-state index < -0.39 is 0 Å². The highest BCUT2D eigenvalue weighted by Gasteiger charge is 2.20. The van der Waals surface area contributed by atoms with E-state index in [4.69, 9.17) is 0 Å². The molecule has 0 saturated heterocycles. The summed E-state index contributed by atoms with van der Waals surface area (Å²) in [7, 11) is 0. The molecule has 22 heavy (non-hydrogen) atoms. The molecule has 0 N–H and O–H groups in total. The topological polar surface area (TPSA) is 78.1 Å². The molecule has 0 aliphatic carbocycles. The Morgan fingerprint density at radius 3 is 1.14 bits per heavy atom. The van der Waals surface area contributed by atoms with Gasteiger partial charge in [-0.1, -0.05) is 13.8 Å². The molecule has 6 nitrogen and oxygen atoms in total. The lowest BCUT2D eigenvalue weighted by Gasteiger charge is -1.93. The van der Waals surface area contributed by atoms with Crippen LogP contribution in [0.4, 0.5) is 0 Å². The highest BCUT2D eigenvalue weighted by atomic mass is 32.1. The van der Waals surface area contributed by atoms with E-state index in [2.05, 4.69) is 0 Å². The largest absolute Gasteiger partial charge is 0.273 e. The van der Waals surface area contributed by atoms with Gasteiger partial charge in [0.05, 0.1) is 0 Å². The van der Waals surface area contributed by atoms with Crippen molar-refractivity contribution in [2.75, 3.05) is 0 Å². The van der Waals surface area contributed by atoms with Crippen LogP contribution in [-0.4, -0.2) is 9.13 Å². The van der Waals surface area contributed by atoms with Crippen molar-refractivity contribution in [3.63, 3.8) is 0 Å². The first kappa shape index (κ1) is 15.1. The van der Waals surface area contributed by atoms with E-state index in [-0.39, 0.29) is 41.0 Å². The molecular formula is C14H14N2O4S2. The van der Waals surface area contributed by atoms with Crippen LogP contribution < -0.4 is 22.2 Å². The van der Waals surface area contributed by atoms with Gasteiger partial charge in [-0.05, 0) is 12.8 Å². The highest BCUT2D eigenvalue weighted by Crippen LogP contribution is 2.25. The molecule has 0 aliphatic rings. The quantitative estimate of drug-likeness (QED) is 0.721. The Bertz CT molecular complexity index is 924. The summed E-state index contributed by atoms with van der Waals surface area (Å²) in [6, 6.07) is 0. The zero-order valence-electron chi connectivity index (χ0n) is 12.2. The Hall–Kier alpha value is -1.80. The third-order valence-corrected chi connectivity index (χ3v) is 6.06. The zero-order chi connectivity index (χ0) is 16.0. The first-order valence-electron chi connectivity index (χ1n) is 7.07. The summed E-state index contributed by atoms with van der Waals surface area (Å²) < 4.78 is 3.49. The van der Waals surface area contributed by atoms with Gasteiger partial charge < -0.3 is 0 Å². The third kappa shape index (κ3) is 1.98. The number of aromatic nitrogens is 2. The van der Waals surface area contributed by atoms with Gasteiger partial charge in [0, 0.05) is 13.1 Å². The maximum Gasteiger partial charge on any atom is 0.272 e. The summed E-state index contributed by atoms with van der Waals surface area (Å²) in [5.41, 5.74) is -1.44. The molecule has 3 aromatic rings. The Kier molecular flexibility index (Phi) is 3.73. The second kappa shape index (κ2) is 5.44. The monoisotopic (exact) mass is 338 g/mol. The fourth-order valence-corrected chi connectivity index (χ4v) is 4.90. The first-order chi connectivity index (χ1) is 10.5. The van der Waals surface area contributed by atoms with Gasteiger partial charge >= 0.3 is 0 Å². The Balaban J connectivity index is 2.47. The van der Waals surface area contributed by atoms with E-state index in [9.17, 15) is 19.2 Å². The number of fused-ring (bicyclic) bond motifs is 2. The number of rotatable bonds is 4. The summed E-state index contributed by atoms with van der Waals surface area (Å²) >= 11 is 1.94. The van der Waals surface area contributed by atoms with Crippen molar-refractivity contribution in [3.8, 4) is 0 Å². The average molecular weight is 338 g/mol. The van der Waals surface area contributed by atoms with Crippen molar-refractivity contribution in [2.24, 2.45) is 0 Å². The maximum atomic E-state index is 12.3. The van der Waals surface area contributed by atoms with Crippen LogP contribution in [0.1, 0.15) is 26.7 Å². The van der Waals surface area contributed by atoms with Crippen molar-refractivity contribution in [1.82, 2.24) is 9.13 Å². The van der Waals surface area contributed by atoms with E-state index in [0.717, 1.165) is 22.7 Å². The summed E-state index contributed by atoms with van der Waals surface area (Å²) in [4.78, 5) is 49.2. The lowest BCUT2D eigenvalue weighted by molar-refractivity contribution is 0.650. The van der Waals surface area contributed by atoms with Gasteiger partial charge in [-0.2, -0.15) is 0 Å². The van der Waals surface area contributed by atoms with Crippen molar-refractivity contribution < 1.29 is 0 Å². The second-order valence-electron chi connectivity index (χ2n) is 5.04. The molecule has 3 heterocycles. The molecule has 0 spiro atoms. The zero-order valence-corrected chi connectivity index (χ0v) is 13.8. The van der Waals surface area contributed by atoms with Crippen LogP contribution in [0, 0.1) is 0 Å². The van der Waals surface area contributed by atoms with E-state index in [1.54, 1.807) is 0 Å². The van der Waals surface area contributed by atoms with E-state index in [0.29, 0.717) is 25.9 Å². The maximum absolute atomic E-state index is 12.3. The molecule has 0 aliphatic heterocycles. The number of hydrogen-bond donors (Lipinski definition) is 0. The molecule has 3 aromatic heterocycles. The lowest BCUT2D eigenvalue weighted by atomic mass is 10.5. The van der Waals surface area contributed by atoms with Crippen LogP contribution in [0.15, 0.2) is 19.2 Å². The van der Waals surface area contributed by atoms with Gasteiger partial charge in [0.1, 0.15) is 18.8 Å². The molecule has 0 bridgehead atoms. The van der Waals surface area contributed by atoms with E-state index in [1.807, 2.05) is 13.8 Å². The minimum atomic E-state index is -0.361. The van der Waals surface area contributed by atoms with Crippen LogP contribution in [-0.2, 0) is 13.1 Å². The average Bonchev–Trinajstić information content (AvgIpc) is 2.88. The minimum absolute atomic E-state index is 0.279. The predicted octanol–water partition coefficient (Wildman–Crippen LogP) is 1.42. The molecule has 0 radical (unpaired) electrons. The van der Waals surface area contributed by atoms with Gasteiger partial charge in [-0.25, -0.2) is 0 Å². The summed E-state index contributed by atoms with van der Waals surface area (Å²) in [5, 5.41) is 0. The Labute approximate surface area is 132 Å². The summed E-state index contributed by atoms with van der Waals surface area (Å²) in [6.07, 6.45) is 1.34. The summed E-state index contributed by atoms with van der Waals surface area (Å²) in [5.74, 6) is 0. The van der Waals surface area contributed by atoms with Crippen LogP contribution in [0.2, 0.25) is 0 Å². The molecule has 0 fully saturated rings. The molecular weight excluding hydrogens is 324 g/mol. The van der Waals surface area contributed by atoms with Crippen LogP contribution in [0.25, 0.3) is 18.8 Å². The smallest absolute Gasteiger partial charge is 0.272 e. The third-order valence-electron chi connectivity index (χ3n) is 3.47. The fourth-order valence-electron chi connectivity index (χ4n) is 2.48. The Morgan fingerprint density at radius 2 is 0.909 bits per heavy atom. The number of hydrogen-bond acceptors (Lipinski definition) is 6. The fraction of sp³-hybridized carbons (Fsp3) is 0.429. The predicted molar refractivity (Wildman–Crippen MR) is 90.0 cm³/mol. The van der Waals surface area contributed by atoms with Gasteiger partial charge in [0.25, 0.3) is 22.2 Å². The SMILES string of the molecule is CCCn1c(=O)c2sc3c(=O)n(CCC)c(=O)c3sc2c1=O. The Morgan fingerprint density at radius 1 is 0.636 bits per heavy atom. The van der Waals surface area contributed by atoms with Crippen molar-refractivity contribution in [3.05, 3.63) is 41.4 Å². The minimum Gasteiger partial charge on any atom is -0.273 e. The molecule has 0 saturated carbocycles. The van der Waals surface area contributed by atoms with Crippen LogP contribution in [0.3, 0.4) is 0 Å². The normalized spacial score (nSPS) is 11.7. The lowest BCUT2D eigenvalue weighted by Crippen LogP contribution is -2.25. The van der Waals surface area contributed by atoms with Gasteiger partial charge in [-0.3, -0.25) is 28.3 Å². The number of nitrogens with zero attached hydrogens (tertiary/aromatic N) is 2. The van der Waals surface area contributed by atoms with Gasteiger partial charge in [0.2, 0.25) is 0 Å². The highest BCUT2D eigenvalue weighted by molar-refractivity contribution is 7.36. The standard InChI is InChI=1S/C14H14N2O4S2/c1-3-5-15-11(17)7-8(12(15)18)22-10-9(21-7)13(19)16(6-4-2)14(10)20/h3-6H2,1-2H3. The molecule has 3 rings (SSSR count). The molecule has 0 amide bonds. The first-order valence-corrected chi connectivity index (χ1v) is 8.71. The van der Waals surface area contributed by atoms with Crippen LogP contribution >= 0.6 is 22.7 Å². The summed E-state index contributed by atoms with van der Waals surface area (Å²) in [6.45, 7) is 4.46. The van der Waals surface area contributed by atoms with Crippen molar-refractivity contribution in [1.29, 1.82) is 0 Å². The van der Waals surface area contributed by atoms with E-state index >= 15 is 0 Å². The van der Waals surface area contributed by atoms with Gasteiger partial charge in [-0.15, -0.1) is 22.7 Å². The van der Waals surface area contributed by atoms with E-state index in [1.165, 1.54) is 9.13 Å². The molecule has 0 atom stereocenters. The van der Waals surface area contributed by atoms with Crippen molar-refractivity contribution >= 4 is 41.5 Å². The van der Waals surface area contributed by atoms with Gasteiger partial charge in [0.15, 0.2) is 0 Å². The molecule has 0 aromatic carbocycles. The molecule has 8 heteroatoms. The molecule has 0 unspecified atom stereocenters. The van der Waals surface area contributed by atoms with Crippen molar-refractivity contribution in [2.45, 2.75) is 39.8 Å². The second-order valence-corrected chi connectivity index (χ2v) is 7.09. The molecule has 116 valence electrons.